The summed E-state index contributed by atoms with van der Waals surface area (Å²) in [6.45, 7) is 4.03. The van der Waals surface area contributed by atoms with Gasteiger partial charge in [-0.3, -0.25) is 4.79 Å². The summed E-state index contributed by atoms with van der Waals surface area (Å²) in [5, 5.41) is 0. The molecule has 1 aromatic heterocycles. The zero-order valence-electron chi connectivity index (χ0n) is 9.56. The van der Waals surface area contributed by atoms with E-state index in [-0.39, 0.29) is 11.6 Å². The molecule has 0 aliphatic carbocycles. The highest BCUT2D eigenvalue weighted by atomic mass is 16.5. The average molecular weight is 222 g/mol. The van der Waals surface area contributed by atoms with Crippen molar-refractivity contribution in [2.75, 3.05) is 13.2 Å². The predicted octanol–water partition coefficient (Wildman–Crippen LogP) is 0.521. The maximum Gasteiger partial charge on any atom is 0.250 e. The van der Waals surface area contributed by atoms with Crippen LogP contribution in [0.5, 0.6) is 0 Å². The van der Waals surface area contributed by atoms with Crippen LogP contribution in [-0.2, 0) is 11.3 Å². The zero-order valence-corrected chi connectivity index (χ0v) is 9.56. The lowest BCUT2D eigenvalue weighted by Gasteiger charge is -2.20. The predicted molar refractivity (Wildman–Crippen MR) is 62.3 cm³/mol. The Kier molecular flexibility index (Phi) is 3.41. The van der Waals surface area contributed by atoms with Gasteiger partial charge in [0.25, 0.3) is 5.56 Å². The summed E-state index contributed by atoms with van der Waals surface area (Å²) in [6, 6.07) is 5.28. The average Bonchev–Trinajstić information content (AvgIpc) is 2.76. The number of hydrogen-bond donors (Lipinski definition) is 1. The summed E-state index contributed by atoms with van der Waals surface area (Å²) in [5.41, 5.74) is 7.09. The Bertz CT molecular complexity index is 408. The smallest absolute Gasteiger partial charge is 0.250 e. The SMILES string of the molecule is Cc1cccc(=O)n1CC(N)C1CCOC1. The highest BCUT2D eigenvalue weighted by molar-refractivity contribution is 5.05. The number of rotatable bonds is 3. The molecule has 0 saturated carbocycles. The Morgan fingerprint density at radius 3 is 3.06 bits per heavy atom. The number of ether oxygens (including phenoxy) is 1. The second kappa shape index (κ2) is 4.80. The van der Waals surface area contributed by atoms with Crippen LogP contribution in [0.1, 0.15) is 12.1 Å². The standard InChI is InChI=1S/C12H18N2O2/c1-9-3-2-4-12(15)14(9)7-11(13)10-5-6-16-8-10/h2-4,10-11H,5-8,13H2,1H3. The molecule has 0 amide bonds. The van der Waals surface area contributed by atoms with Crippen molar-refractivity contribution >= 4 is 0 Å². The molecule has 4 nitrogen and oxygen atoms in total. The Morgan fingerprint density at radius 2 is 2.44 bits per heavy atom. The number of hydrogen-bond acceptors (Lipinski definition) is 3. The first-order valence-corrected chi connectivity index (χ1v) is 5.68. The Balaban J connectivity index is 2.11. The lowest BCUT2D eigenvalue weighted by atomic mass is 10.00. The van der Waals surface area contributed by atoms with Gasteiger partial charge in [-0.1, -0.05) is 6.07 Å². The van der Waals surface area contributed by atoms with E-state index in [1.165, 1.54) is 0 Å². The van der Waals surface area contributed by atoms with E-state index in [2.05, 4.69) is 0 Å². The van der Waals surface area contributed by atoms with Gasteiger partial charge in [-0.25, -0.2) is 0 Å². The van der Waals surface area contributed by atoms with Crippen LogP contribution in [0, 0.1) is 12.8 Å². The third-order valence-corrected chi connectivity index (χ3v) is 3.23. The minimum atomic E-state index is 0.00120. The van der Waals surface area contributed by atoms with Gasteiger partial charge in [0, 0.05) is 36.9 Å². The van der Waals surface area contributed by atoms with Crippen LogP contribution in [0.4, 0.5) is 0 Å². The third kappa shape index (κ3) is 2.33. The number of aromatic nitrogens is 1. The molecule has 88 valence electrons. The van der Waals surface area contributed by atoms with Crippen LogP contribution in [0.25, 0.3) is 0 Å². The summed E-state index contributed by atoms with van der Waals surface area (Å²) in [6.07, 6.45) is 1.00. The first-order valence-electron chi connectivity index (χ1n) is 5.68. The van der Waals surface area contributed by atoms with Gasteiger partial charge in [0.1, 0.15) is 0 Å². The molecule has 0 aromatic carbocycles. The van der Waals surface area contributed by atoms with E-state index < -0.39 is 0 Å². The van der Waals surface area contributed by atoms with Crippen molar-refractivity contribution in [1.82, 2.24) is 4.57 Å². The molecule has 0 bridgehead atoms. The van der Waals surface area contributed by atoms with Gasteiger partial charge >= 0.3 is 0 Å². The lowest BCUT2D eigenvalue weighted by Crippen LogP contribution is -2.38. The van der Waals surface area contributed by atoms with Crippen LogP contribution in [0.3, 0.4) is 0 Å². The molecule has 2 atom stereocenters. The highest BCUT2D eigenvalue weighted by Crippen LogP contribution is 2.16. The van der Waals surface area contributed by atoms with Gasteiger partial charge in [-0.05, 0) is 19.4 Å². The van der Waals surface area contributed by atoms with E-state index in [0.717, 1.165) is 25.3 Å². The zero-order chi connectivity index (χ0) is 11.5. The highest BCUT2D eigenvalue weighted by Gasteiger charge is 2.23. The Morgan fingerprint density at radius 1 is 1.62 bits per heavy atom. The van der Waals surface area contributed by atoms with Gasteiger partial charge < -0.3 is 15.0 Å². The molecule has 1 aromatic rings. The Hall–Kier alpha value is -1.13. The summed E-state index contributed by atoms with van der Waals surface area (Å²) >= 11 is 0. The van der Waals surface area contributed by atoms with Gasteiger partial charge in [0.2, 0.25) is 0 Å². The molecule has 0 radical (unpaired) electrons. The molecular formula is C12H18N2O2. The Labute approximate surface area is 95.0 Å². The summed E-state index contributed by atoms with van der Waals surface area (Å²) in [4.78, 5) is 11.7. The van der Waals surface area contributed by atoms with Crippen molar-refractivity contribution in [3.05, 3.63) is 34.2 Å². The van der Waals surface area contributed by atoms with Crippen LogP contribution in [0.15, 0.2) is 23.0 Å². The van der Waals surface area contributed by atoms with Crippen molar-refractivity contribution < 1.29 is 4.74 Å². The molecule has 4 heteroatoms. The fourth-order valence-corrected chi connectivity index (χ4v) is 2.11. The van der Waals surface area contributed by atoms with Crippen molar-refractivity contribution in [1.29, 1.82) is 0 Å². The second-order valence-electron chi connectivity index (χ2n) is 4.40. The largest absolute Gasteiger partial charge is 0.381 e. The lowest BCUT2D eigenvalue weighted by molar-refractivity contribution is 0.178. The monoisotopic (exact) mass is 222 g/mol. The minimum Gasteiger partial charge on any atom is -0.381 e. The van der Waals surface area contributed by atoms with Crippen LogP contribution in [-0.4, -0.2) is 23.8 Å². The molecule has 0 spiro atoms. The fraction of sp³-hybridized carbons (Fsp3) is 0.583. The normalized spacial score (nSPS) is 22.2. The molecule has 1 aliphatic heterocycles. The van der Waals surface area contributed by atoms with E-state index in [9.17, 15) is 4.79 Å². The molecule has 1 saturated heterocycles. The maximum atomic E-state index is 11.7. The minimum absolute atomic E-state index is 0.00120. The molecular weight excluding hydrogens is 204 g/mol. The first kappa shape index (κ1) is 11.4. The molecule has 1 fully saturated rings. The van der Waals surface area contributed by atoms with Crippen molar-refractivity contribution in [2.24, 2.45) is 11.7 Å². The molecule has 2 rings (SSSR count). The van der Waals surface area contributed by atoms with E-state index >= 15 is 0 Å². The van der Waals surface area contributed by atoms with Crippen LogP contribution < -0.4 is 11.3 Å². The van der Waals surface area contributed by atoms with Gasteiger partial charge in [-0.2, -0.15) is 0 Å². The molecule has 1 aliphatic rings. The van der Waals surface area contributed by atoms with Gasteiger partial charge in [-0.15, -0.1) is 0 Å². The maximum absolute atomic E-state index is 11.7. The summed E-state index contributed by atoms with van der Waals surface area (Å²) in [5.74, 6) is 0.381. The number of pyridine rings is 1. The van der Waals surface area contributed by atoms with Gasteiger partial charge in [0.15, 0.2) is 0 Å². The quantitative estimate of drug-likeness (QED) is 0.811. The summed E-state index contributed by atoms with van der Waals surface area (Å²) < 4.78 is 7.05. The first-order chi connectivity index (χ1) is 7.68. The van der Waals surface area contributed by atoms with Gasteiger partial charge in [0.05, 0.1) is 6.61 Å². The van der Waals surface area contributed by atoms with E-state index in [0.29, 0.717) is 12.5 Å². The van der Waals surface area contributed by atoms with Crippen LogP contribution in [0.2, 0.25) is 0 Å². The van der Waals surface area contributed by atoms with E-state index in [1.54, 1.807) is 16.7 Å². The molecule has 2 unspecified atom stereocenters. The second-order valence-corrected chi connectivity index (χ2v) is 4.40. The molecule has 2 N–H and O–H groups in total. The topological polar surface area (TPSA) is 57.2 Å². The number of nitrogens with zero attached hydrogens (tertiary/aromatic N) is 1. The summed E-state index contributed by atoms with van der Waals surface area (Å²) in [7, 11) is 0. The molecule has 16 heavy (non-hydrogen) atoms. The van der Waals surface area contributed by atoms with Crippen molar-refractivity contribution in [3.8, 4) is 0 Å². The van der Waals surface area contributed by atoms with Crippen molar-refractivity contribution in [2.45, 2.75) is 25.9 Å². The van der Waals surface area contributed by atoms with E-state index in [4.69, 9.17) is 10.5 Å². The molecule has 2 heterocycles. The van der Waals surface area contributed by atoms with E-state index in [1.807, 2.05) is 13.0 Å². The number of aryl methyl sites for hydroxylation is 1. The van der Waals surface area contributed by atoms with Crippen LogP contribution >= 0.6 is 0 Å². The number of nitrogens with two attached hydrogens (primary N) is 1. The fourth-order valence-electron chi connectivity index (χ4n) is 2.11. The third-order valence-electron chi connectivity index (χ3n) is 3.23. The van der Waals surface area contributed by atoms with Crippen molar-refractivity contribution in [3.63, 3.8) is 0 Å².